The highest BCUT2D eigenvalue weighted by atomic mass is 16.3. The summed E-state index contributed by atoms with van der Waals surface area (Å²) < 4.78 is 5.68. The number of nitrogens with zero attached hydrogens (tertiary/aromatic N) is 1. The van der Waals surface area contributed by atoms with E-state index in [2.05, 4.69) is 5.32 Å². The third-order valence-corrected chi connectivity index (χ3v) is 2.84. The van der Waals surface area contributed by atoms with E-state index in [1.54, 1.807) is 6.92 Å². The monoisotopic (exact) mass is 256 g/mol. The number of hydrogen-bond acceptors (Lipinski definition) is 4. The molecule has 0 amide bonds. The molecule has 0 unspecified atom stereocenters. The fourth-order valence-corrected chi connectivity index (χ4v) is 1.80. The van der Waals surface area contributed by atoms with Gasteiger partial charge in [0.1, 0.15) is 11.5 Å². The van der Waals surface area contributed by atoms with Crippen molar-refractivity contribution < 1.29 is 9.52 Å². The summed E-state index contributed by atoms with van der Waals surface area (Å²) in [5.41, 5.74) is 1.85. The Kier molecular flexibility index (Phi) is 4.35. The first-order valence-electron chi connectivity index (χ1n) is 6.15. The van der Waals surface area contributed by atoms with Crippen molar-refractivity contribution >= 4 is 0 Å². The highest BCUT2D eigenvalue weighted by molar-refractivity contribution is 5.58. The Hall–Kier alpha value is -2.09. The third kappa shape index (κ3) is 3.44. The molecule has 0 aliphatic heterocycles. The van der Waals surface area contributed by atoms with Crippen LogP contribution < -0.4 is 5.32 Å². The molecule has 0 saturated heterocycles. The molecule has 98 valence electrons. The van der Waals surface area contributed by atoms with Crippen molar-refractivity contribution in [2.45, 2.75) is 19.6 Å². The van der Waals surface area contributed by atoms with Gasteiger partial charge < -0.3 is 9.52 Å². The highest BCUT2D eigenvalue weighted by Gasteiger charge is 2.06. The van der Waals surface area contributed by atoms with Gasteiger partial charge in [0.05, 0.1) is 25.3 Å². The quantitative estimate of drug-likeness (QED) is 0.637. The van der Waals surface area contributed by atoms with Crippen molar-refractivity contribution in [1.82, 2.24) is 5.32 Å². The summed E-state index contributed by atoms with van der Waals surface area (Å²) in [7, 11) is 0. The van der Waals surface area contributed by atoms with Gasteiger partial charge in [-0.15, -0.1) is 0 Å². The molecule has 0 spiro atoms. The molecule has 0 fully saturated rings. The van der Waals surface area contributed by atoms with E-state index >= 15 is 0 Å². The van der Waals surface area contributed by atoms with Gasteiger partial charge in [-0.25, -0.2) is 0 Å². The van der Waals surface area contributed by atoms with Gasteiger partial charge in [-0.2, -0.15) is 5.26 Å². The number of aliphatic hydroxyl groups is 1. The van der Waals surface area contributed by atoms with Crippen molar-refractivity contribution in [3.63, 3.8) is 0 Å². The molecule has 1 aromatic carbocycles. The summed E-state index contributed by atoms with van der Waals surface area (Å²) in [6.07, 6.45) is -0.462. The number of hydrogen-bond donors (Lipinski definition) is 2. The predicted molar refractivity (Wildman–Crippen MR) is 72.1 cm³/mol. The van der Waals surface area contributed by atoms with Crippen LogP contribution in [0.1, 0.15) is 24.4 Å². The Bertz CT molecular complexity index is 565. The molecule has 1 heterocycles. The molecule has 19 heavy (non-hydrogen) atoms. The van der Waals surface area contributed by atoms with Gasteiger partial charge in [0, 0.05) is 5.56 Å². The molecule has 1 aromatic heterocycles. The standard InChI is InChI=1S/C15H16N2O2/c1-11(18)12-2-4-13(5-3-12)15-7-6-14(19-15)10-17-9-8-16/h2-7,11,17-18H,9-10H2,1H3/t11-/m1/s1. The predicted octanol–water partition coefficient (Wildman–Crippen LogP) is 2.61. The lowest BCUT2D eigenvalue weighted by Crippen LogP contribution is -2.12. The molecule has 4 heteroatoms. The van der Waals surface area contributed by atoms with Crippen LogP contribution >= 0.6 is 0 Å². The van der Waals surface area contributed by atoms with Crippen LogP contribution in [-0.4, -0.2) is 11.7 Å². The molecular weight excluding hydrogens is 240 g/mol. The molecule has 0 radical (unpaired) electrons. The molecule has 0 aliphatic carbocycles. The van der Waals surface area contributed by atoms with Crippen molar-refractivity contribution in [3.8, 4) is 17.4 Å². The summed E-state index contributed by atoms with van der Waals surface area (Å²) >= 11 is 0. The van der Waals surface area contributed by atoms with Crippen molar-refractivity contribution in [1.29, 1.82) is 5.26 Å². The van der Waals surface area contributed by atoms with E-state index < -0.39 is 6.10 Å². The van der Waals surface area contributed by atoms with E-state index in [9.17, 15) is 5.11 Å². The Balaban J connectivity index is 2.07. The van der Waals surface area contributed by atoms with Gasteiger partial charge in [-0.1, -0.05) is 24.3 Å². The first-order chi connectivity index (χ1) is 9.20. The number of rotatable bonds is 5. The van der Waals surface area contributed by atoms with Gasteiger partial charge >= 0.3 is 0 Å². The number of aliphatic hydroxyl groups excluding tert-OH is 1. The zero-order valence-corrected chi connectivity index (χ0v) is 10.8. The fourth-order valence-electron chi connectivity index (χ4n) is 1.80. The van der Waals surface area contributed by atoms with Crippen molar-refractivity contribution in [3.05, 3.63) is 47.7 Å². The maximum atomic E-state index is 9.45. The largest absolute Gasteiger partial charge is 0.460 e. The Morgan fingerprint density at radius 1 is 1.26 bits per heavy atom. The number of nitrogens with one attached hydrogen (secondary N) is 1. The molecule has 2 rings (SSSR count). The van der Waals surface area contributed by atoms with Crippen LogP contribution in [0.25, 0.3) is 11.3 Å². The van der Waals surface area contributed by atoms with Gasteiger partial charge in [-0.05, 0) is 24.6 Å². The van der Waals surface area contributed by atoms with Crippen molar-refractivity contribution in [2.24, 2.45) is 0 Å². The molecule has 0 saturated carbocycles. The first-order valence-corrected chi connectivity index (χ1v) is 6.15. The molecular formula is C15H16N2O2. The number of furan rings is 1. The SMILES string of the molecule is C[C@@H](O)c1ccc(-c2ccc(CNCC#N)o2)cc1. The van der Waals surface area contributed by atoms with Crippen LogP contribution in [0.5, 0.6) is 0 Å². The lowest BCUT2D eigenvalue weighted by molar-refractivity contribution is 0.199. The Labute approximate surface area is 112 Å². The minimum Gasteiger partial charge on any atom is -0.460 e. The normalized spacial score (nSPS) is 12.1. The Morgan fingerprint density at radius 3 is 2.63 bits per heavy atom. The first kappa shape index (κ1) is 13.3. The summed E-state index contributed by atoms with van der Waals surface area (Å²) in [6, 6.07) is 13.4. The van der Waals surface area contributed by atoms with E-state index in [0.717, 1.165) is 22.6 Å². The summed E-state index contributed by atoms with van der Waals surface area (Å²) in [5, 5.41) is 20.8. The fraction of sp³-hybridized carbons (Fsp3) is 0.267. The van der Waals surface area contributed by atoms with Gasteiger partial charge in [-0.3, -0.25) is 5.32 Å². The van der Waals surface area contributed by atoms with Crippen LogP contribution in [0.3, 0.4) is 0 Å². The second-order valence-electron chi connectivity index (χ2n) is 4.33. The van der Waals surface area contributed by atoms with Gasteiger partial charge in [0.25, 0.3) is 0 Å². The topological polar surface area (TPSA) is 69.2 Å². The van der Waals surface area contributed by atoms with Gasteiger partial charge in [0.15, 0.2) is 0 Å². The minimum absolute atomic E-state index is 0.305. The maximum Gasteiger partial charge on any atom is 0.134 e. The molecule has 0 bridgehead atoms. The molecule has 0 aliphatic rings. The van der Waals surface area contributed by atoms with E-state index in [-0.39, 0.29) is 0 Å². The number of nitriles is 1. The molecule has 2 N–H and O–H groups in total. The smallest absolute Gasteiger partial charge is 0.134 e. The molecule has 1 atom stereocenters. The third-order valence-electron chi connectivity index (χ3n) is 2.84. The summed E-state index contributed by atoms with van der Waals surface area (Å²) in [5.74, 6) is 1.58. The van der Waals surface area contributed by atoms with Crippen LogP contribution in [0.4, 0.5) is 0 Å². The zero-order chi connectivity index (χ0) is 13.7. The second kappa shape index (κ2) is 6.19. The van der Waals surface area contributed by atoms with Gasteiger partial charge in [0.2, 0.25) is 0 Å². The molecule has 4 nitrogen and oxygen atoms in total. The van der Waals surface area contributed by atoms with Crippen LogP contribution in [-0.2, 0) is 6.54 Å². The zero-order valence-electron chi connectivity index (χ0n) is 10.8. The summed E-state index contributed by atoms with van der Waals surface area (Å²) in [4.78, 5) is 0. The van der Waals surface area contributed by atoms with E-state index in [0.29, 0.717) is 13.1 Å². The highest BCUT2D eigenvalue weighted by Crippen LogP contribution is 2.24. The second-order valence-corrected chi connectivity index (χ2v) is 4.33. The van der Waals surface area contributed by atoms with Crippen LogP contribution in [0, 0.1) is 11.3 Å². The lowest BCUT2D eigenvalue weighted by Gasteiger charge is -2.04. The lowest BCUT2D eigenvalue weighted by atomic mass is 10.1. The number of benzene rings is 1. The van der Waals surface area contributed by atoms with Crippen LogP contribution in [0.2, 0.25) is 0 Å². The minimum atomic E-state index is -0.462. The average Bonchev–Trinajstić information content (AvgIpc) is 2.88. The van der Waals surface area contributed by atoms with E-state index in [1.165, 1.54) is 0 Å². The van der Waals surface area contributed by atoms with E-state index in [1.807, 2.05) is 42.5 Å². The van der Waals surface area contributed by atoms with E-state index in [4.69, 9.17) is 9.68 Å². The van der Waals surface area contributed by atoms with Crippen molar-refractivity contribution in [2.75, 3.05) is 6.54 Å². The summed E-state index contributed by atoms with van der Waals surface area (Å²) in [6.45, 7) is 2.58. The van der Waals surface area contributed by atoms with Crippen LogP contribution in [0.15, 0.2) is 40.8 Å². The maximum absolute atomic E-state index is 9.45. The molecule has 2 aromatic rings. The Morgan fingerprint density at radius 2 is 2.00 bits per heavy atom. The average molecular weight is 256 g/mol.